The molecule has 3 rings (SSSR count). The monoisotopic (exact) mass is 344 g/mol. The highest BCUT2D eigenvalue weighted by Gasteiger charge is 2.25. The van der Waals surface area contributed by atoms with Crippen LogP contribution in [0.15, 0.2) is 42.5 Å². The Balaban J connectivity index is 1.95. The number of fused-ring (bicyclic) bond motifs is 1. The van der Waals surface area contributed by atoms with E-state index in [-0.39, 0.29) is 5.82 Å². The third-order valence-corrected chi connectivity index (χ3v) is 4.29. The summed E-state index contributed by atoms with van der Waals surface area (Å²) >= 11 is 0. The van der Waals surface area contributed by atoms with Crippen LogP contribution in [0.3, 0.4) is 0 Å². The highest BCUT2D eigenvalue weighted by atomic mass is 19.3. The van der Waals surface area contributed by atoms with Gasteiger partial charge in [0.2, 0.25) is 0 Å². The predicted molar refractivity (Wildman–Crippen MR) is 90.7 cm³/mol. The van der Waals surface area contributed by atoms with Crippen molar-refractivity contribution in [3.8, 4) is 0 Å². The minimum absolute atomic E-state index is 0.0230. The van der Waals surface area contributed by atoms with E-state index in [9.17, 15) is 13.6 Å². The van der Waals surface area contributed by atoms with Crippen molar-refractivity contribution in [3.05, 3.63) is 65.0 Å². The molecule has 0 bridgehead atoms. The molecule has 1 aromatic heterocycles. The van der Waals surface area contributed by atoms with Gasteiger partial charge in [0.25, 0.3) is 0 Å². The standard InChI is InChI=1S/C19H18F2N2O2/c1-11-7-6-8-14(12(11)2)18(24)25-13(3)17-22-15-9-4-5-10-16(15)23(17)19(20)21/h4-10,13,19H,1-3H3. The van der Waals surface area contributed by atoms with E-state index in [1.54, 1.807) is 43.3 Å². The first kappa shape index (κ1) is 17.1. The van der Waals surface area contributed by atoms with Gasteiger partial charge in [-0.15, -0.1) is 0 Å². The summed E-state index contributed by atoms with van der Waals surface area (Å²) in [5.74, 6) is -0.531. The summed E-state index contributed by atoms with van der Waals surface area (Å²) in [6, 6.07) is 11.9. The molecular formula is C19H18F2N2O2. The highest BCUT2D eigenvalue weighted by Crippen LogP contribution is 2.29. The van der Waals surface area contributed by atoms with Gasteiger partial charge in [-0.25, -0.2) is 9.78 Å². The number of esters is 1. The molecule has 1 unspecified atom stereocenters. The molecule has 130 valence electrons. The normalized spacial score (nSPS) is 12.6. The fourth-order valence-corrected chi connectivity index (χ4v) is 2.80. The number of rotatable bonds is 4. The number of ether oxygens (including phenoxy) is 1. The first-order valence-electron chi connectivity index (χ1n) is 7.92. The number of benzene rings is 2. The van der Waals surface area contributed by atoms with E-state index >= 15 is 0 Å². The van der Waals surface area contributed by atoms with Gasteiger partial charge in [0.15, 0.2) is 11.9 Å². The Hall–Kier alpha value is -2.76. The van der Waals surface area contributed by atoms with Gasteiger partial charge in [-0.1, -0.05) is 24.3 Å². The molecule has 0 N–H and O–H groups in total. The van der Waals surface area contributed by atoms with E-state index in [0.717, 1.165) is 15.7 Å². The van der Waals surface area contributed by atoms with E-state index in [2.05, 4.69) is 4.98 Å². The molecule has 2 aromatic carbocycles. The van der Waals surface area contributed by atoms with Crippen LogP contribution in [0.25, 0.3) is 11.0 Å². The summed E-state index contributed by atoms with van der Waals surface area (Å²) in [5, 5.41) is 0. The minimum Gasteiger partial charge on any atom is -0.451 e. The largest absolute Gasteiger partial charge is 0.451 e. The van der Waals surface area contributed by atoms with E-state index in [1.807, 2.05) is 19.9 Å². The first-order valence-corrected chi connectivity index (χ1v) is 7.92. The van der Waals surface area contributed by atoms with E-state index in [0.29, 0.717) is 16.6 Å². The molecule has 1 atom stereocenters. The van der Waals surface area contributed by atoms with Crippen LogP contribution in [0.2, 0.25) is 0 Å². The molecule has 0 amide bonds. The lowest BCUT2D eigenvalue weighted by Gasteiger charge is -2.16. The van der Waals surface area contributed by atoms with Crippen molar-refractivity contribution in [2.24, 2.45) is 0 Å². The number of carbonyl (C=O) groups is 1. The lowest BCUT2D eigenvalue weighted by atomic mass is 10.0. The van der Waals surface area contributed by atoms with Crippen molar-refractivity contribution >= 4 is 17.0 Å². The van der Waals surface area contributed by atoms with Crippen LogP contribution < -0.4 is 0 Å². The molecule has 0 radical (unpaired) electrons. The molecular weight excluding hydrogens is 326 g/mol. The van der Waals surface area contributed by atoms with Crippen LogP contribution in [0, 0.1) is 13.8 Å². The number of hydrogen-bond donors (Lipinski definition) is 0. The molecule has 3 aromatic rings. The molecule has 4 nitrogen and oxygen atoms in total. The van der Waals surface area contributed by atoms with Crippen molar-refractivity contribution in [1.29, 1.82) is 0 Å². The molecule has 0 fully saturated rings. The zero-order chi connectivity index (χ0) is 18.1. The molecule has 0 aliphatic rings. The zero-order valence-corrected chi connectivity index (χ0v) is 14.2. The van der Waals surface area contributed by atoms with Gasteiger partial charge in [-0.2, -0.15) is 8.78 Å². The van der Waals surface area contributed by atoms with E-state index < -0.39 is 18.6 Å². The quantitative estimate of drug-likeness (QED) is 0.628. The molecule has 0 saturated heterocycles. The number of aryl methyl sites for hydroxylation is 1. The highest BCUT2D eigenvalue weighted by molar-refractivity contribution is 5.91. The lowest BCUT2D eigenvalue weighted by Crippen LogP contribution is -2.15. The fourth-order valence-electron chi connectivity index (χ4n) is 2.80. The molecule has 0 aliphatic heterocycles. The lowest BCUT2D eigenvalue weighted by molar-refractivity contribution is 0.0232. The van der Waals surface area contributed by atoms with Crippen LogP contribution in [-0.2, 0) is 4.74 Å². The van der Waals surface area contributed by atoms with Gasteiger partial charge in [0.05, 0.1) is 16.6 Å². The summed E-state index contributed by atoms with van der Waals surface area (Å²) in [6.45, 7) is 2.49. The topological polar surface area (TPSA) is 44.1 Å². The Morgan fingerprint density at radius 1 is 1.12 bits per heavy atom. The third kappa shape index (κ3) is 3.12. The second kappa shape index (κ2) is 6.63. The van der Waals surface area contributed by atoms with E-state index in [1.165, 1.54) is 0 Å². The van der Waals surface area contributed by atoms with Crippen LogP contribution in [0.5, 0.6) is 0 Å². The van der Waals surface area contributed by atoms with Gasteiger partial charge in [0, 0.05) is 0 Å². The number of imidazole rings is 1. The molecule has 0 spiro atoms. The molecule has 25 heavy (non-hydrogen) atoms. The second-order valence-electron chi connectivity index (χ2n) is 5.90. The van der Waals surface area contributed by atoms with Crippen LogP contribution in [0.1, 0.15) is 46.9 Å². The number of para-hydroxylation sites is 2. The summed E-state index contributed by atoms with van der Waals surface area (Å²) in [4.78, 5) is 16.7. The number of halogens is 2. The first-order chi connectivity index (χ1) is 11.9. The number of alkyl halides is 2. The Kier molecular flexibility index (Phi) is 4.53. The fraction of sp³-hybridized carbons (Fsp3) is 0.263. The van der Waals surface area contributed by atoms with Crippen LogP contribution in [-0.4, -0.2) is 15.5 Å². The van der Waals surface area contributed by atoms with Gasteiger partial charge >= 0.3 is 12.5 Å². The van der Waals surface area contributed by atoms with Crippen molar-refractivity contribution in [1.82, 2.24) is 9.55 Å². The predicted octanol–water partition coefficient (Wildman–Crippen LogP) is 4.97. The van der Waals surface area contributed by atoms with Crippen LogP contribution in [0.4, 0.5) is 8.78 Å². The smallest absolute Gasteiger partial charge is 0.339 e. The van der Waals surface area contributed by atoms with Gasteiger partial charge in [0.1, 0.15) is 0 Å². The Morgan fingerprint density at radius 2 is 1.84 bits per heavy atom. The summed E-state index contributed by atoms with van der Waals surface area (Å²) < 4.78 is 33.2. The third-order valence-electron chi connectivity index (χ3n) is 4.29. The number of aromatic nitrogens is 2. The van der Waals surface area contributed by atoms with Crippen molar-refractivity contribution in [2.75, 3.05) is 0 Å². The van der Waals surface area contributed by atoms with Gasteiger partial charge in [-0.05, 0) is 50.1 Å². The summed E-state index contributed by atoms with van der Waals surface area (Å²) in [6.07, 6.45) is -0.909. The van der Waals surface area contributed by atoms with E-state index in [4.69, 9.17) is 4.74 Å². The summed E-state index contributed by atoms with van der Waals surface area (Å²) in [5.41, 5.74) is 2.94. The van der Waals surface area contributed by atoms with Crippen LogP contribution >= 0.6 is 0 Å². The number of nitrogens with zero attached hydrogens (tertiary/aromatic N) is 2. The molecule has 1 heterocycles. The molecule has 6 heteroatoms. The maximum Gasteiger partial charge on any atom is 0.339 e. The zero-order valence-electron chi connectivity index (χ0n) is 14.2. The second-order valence-corrected chi connectivity index (χ2v) is 5.90. The molecule has 0 saturated carbocycles. The summed E-state index contributed by atoms with van der Waals surface area (Å²) in [7, 11) is 0. The van der Waals surface area contributed by atoms with Gasteiger partial charge < -0.3 is 4.74 Å². The Morgan fingerprint density at radius 3 is 2.56 bits per heavy atom. The van der Waals surface area contributed by atoms with Crippen molar-refractivity contribution in [2.45, 2.75) is 33.4 Å². The maximum atomic E-state index is 13.5. The average molecular weight is 344 g/mol. The van der Waals surface area contributed by atoms with Crippen molar-refractivity contribution < 1.29 is 18.3 Å². The Labute approximate surface area is 144 Å². The van der Waals surface area contributed by atoms with Gasteiger partial charge in [-0.3, -0.25) is 4.57 Å². The van der Waals surface area contributed by atoms with Crippen molar-refractivity contribution in [3.63, 3.8) is 0 Å². The maximum absolute atomic E-state index is 13.5. The average Bonchev–Trinajstić information content (AvgIpc) is 2.97. The SMILES string of the molecule is Cc1cccc(C(=O)OC(C)c2nc3ccccc3n2C(F)F)c1C. The minimum atomic E-state index is -2.77. The number of carbonyl (C=O) groups excluding carboxylic acids is 1. The number of hydrogen-bond acceptors (Lipinski definition) is 3. The Bertz CT molecular complexity index is 934. The molecule has 0 aliphatic carbocycles.